The minimum Gasteiger partial charge on any atom is -0.488 e. The first-order valence-electron chi connectivity index (χ1n) is 9.22. The van der Waals surface area contributed by atoms with Gasteiger partial charge in [-0.25, -0.2) is 15.4 Å². The summed E-state index contributed by atoms with van der Waals surface area (Å²) in [6.45, 7) is 2.27. The maximum absolute atomic E-state index is 12.6. The van der Waals surface area contributed by atoms with Gasteiger partial charge in [-0.1, -0.05) is 42.5 Å². The Hall–Kier alpha value is -3.78. The van der Waals surface area contributed by atoms with Gasteiger partial charge in [0.1, 0.15) is 29.3 Å². The molecule has 4 rings (SSSR count). The van der Waals surface area contributed by atoms with Gasteiger partial charge in [0.15, 0.2) is 0 Å². The molecule has 8 heteroatoms. The molecule has 0 atom stereocenters. The number of anilines is 1. The van der Waals surface area contributed by atoms with Crippen LogP contribution in [0.1, 0.15) is 26.4 Å². The number of benzene rings is 2. The van der Waals surface area contributed by atoms with E-state index in [9.17, 15) is 4.79 Å². The van der Waals surface area contributed by atoms with Crippen molar-refractivity contribution in [3.63, 3.8) is 0 Å². The van der Waals surface area contributed by atoms with E-state index in [-0.39, 0.29) is 5.91 Å². The number of thiophene rings is 1. The molecular formula is C22H19N5O2S. The Morgan fingerprint density at radius 2 is 1.93 bits per heavy atom. The molecule has 2 aromatic heterocycles. The number of nitrogen functional groups attached to an aromatic ring is 1. The quantitative estimate of drug-likeness (QED) is 0.366. The van der Waals surface area contributed by atoms with Crippen molar-refractivity contribution in [1.29, 1.82) is 0 Å². The second kappa shape index (κ2) is 8.71. The molecule has 30 heavy (non-hydrogen) atoms. The molecule has 0 aliphatic carbocycles. The minimum absolute atomic E-state index is 0.325. The fourth-order valence-corrected chi connectivity index (χ4v) is 4.03. The summed E-state index contributed by atoms with van der Waals surface area (Å²) in [4.78, 5) is 21.9. The number of hydrazone groups is 1. The summed E-state index contributed by atoms with van der Waals surface area (Å²) in [5.74, 6) is 0.718. The third kappa shape index (κ3) is 4.13. The number of nitrogens with two attached hydrogens (primary N) is 1. The highest BCUT2D eigenvalue weighted by molar-refractivity contribution is 7.20. The van der Waals surface area contributed by atoms with Crippen molar-refractivity contribution in [2.45, 2.75) is 13.5 Å². The molecule has 2 heterocycles. The Bertz CT molecular complexity index is 1220. The van der Waals surface area contributed by atoms with Crippen LogP contribution in [0.2, 0.25) is 0 Å². The monoisotopic (exact) mass is 417 g/mol. The maximum Gasteiger partial charge on any atom is 0.281 e. The first kappa shape index (κ1) is 19.5. The number of carbonyl (C=O) groups is 1. The van der Waals surface area contributed by atoms with E-state index in [1.807, 2.05) is 61.5 Å². The highest BCUT2D eigenvalue weighted by Gasteiger charge is 2.18. The number of rotatable bonds is 6. The predicted octanol–water partition coefficient (Wildman–Crippen LogP) is 3.92. The van der Waals surface area contributed by atoms with Gasteiger partial charge < -0.3 is 10.5 Å². The molecule has 0 spiro atoms. The van der Waals surface area contributed by atoms with Gasteiger partial charge in [-0.3, -0.25) is 4.79 Å². The van der Waals surface area contributed by atoms with Gasteiger partial charge in [-0.2, -0.15) is 5.10 Å². The number of fused-ring (bicyclic) bond motifs is 1. The highest BCUT2D eigenvalue weighted by Crippen LogP contribution is 2.31. The number of aromatic nitrogens is 2. The van der Waals surface area contributed by atoms with Crippen LogP contribution in [0, 0.1) is 6.92 Å². The second-order valence-electron chi connectivity index (χ2n) is 6.51. The Labute approximate surface area is 177 Å². The second-order valence-corrected chi connectivity index (χ2v) is 7.51. The first-order valence-corrected chi connectivity index (χ1v) is 10.0. The predicted molar refractivity (Wildman–Crippen MR) is 119 cm³/mol. The van der Waals surface area contributed by atoms with E-state index in [1.165, 1.54) is 17.7 Å². The van der Waals surface area contributed by atoms with Gasteiger partial charge in [-0.15, -0.1) is 11.3 Å². The molecule has 0 aliphatic rings. The lowest BCUT2D eigenvalue weighted by molar-refractivity contribution is 0.0958. The van der Waals surface area contributed by atoms with Crippen LogP contribution in [0.5, 0.6) is 5.75 Å². The molecule has 4 aromatic rings. The summed E-state index contributed by atoms with van der Waals surface area (Å²) in [6.07, 6.45) is 2.95. The van der Waals surface area contributed by atoms with Crippen molar-refractivity contribution in [2.75, 3.05) is 5.73 Å². The smallest absolute Gasteiger partial charge is 0.281 e. The topological polar surface area (TPSA) is 102 Å². The van der Waals surface area contributed by atoms with Gasteiger partial charge >= 0.3 is 0 Å². The summed E-state index contributed by atoms with van der Waals surface area (Å²) < 4.78 is 5.91. The van der Waals surface area contributed by atoms with Crippen LogP contribution < -0.4 is 15.9 Å². The number of aryl methyl sites for hydroxylation is 1. The van der Waals surface area contributed by atoms with E-state index in [1.54, 1.807) is 6.21 Å². The molecule has 3 N–H and O–H groups in total. The summed E-state index contributed by atoms with van der Waals surface area (Å²) >= 11 is 1.26. The SMILES string of the molecule is Cc1c(C(=O)N/N=C\c2ccccc2OCc2ccccc2)sc2ncnc(N)c12. The Morgan fingerprint density at radius 1 is 1.17 bits per heavy atom. The van der Waals surface area contributed by atoms with Crippen LogP contribution in [0.25, 0.3) is 10.2 Å². The average molecular weight is 417 g/mol. The average Bonchev–Trinajstić information content (AvgIpc) is 3.11. The Kier molecular flexibility index (Phi) is 5.67. The van der Waals surface area contributed by atoms with Gasteiger partial charge in [0.2, 0.25) is 0 Å². The minimum atomic E-state index is -0.325. The lowest BCUT2D eigenvalue weighted by Gasteiger charge is -2.09. The molecule has 0 unspecified atom stereocenters. The van der Waals surface area contributed by atoms with Crippen LogP contribution in [-0.4, -0.2) is 22.1 Å². The molecule has 0 saturated heterocycles. The van der Waals surface area contributed by atoms with Gasteiger partial charge in [-0.05, 0) is 30.2 Å². The summed E-state index contributed by atoms with van der Waals surface area (Å²) in [7, 11) is 0. The van der Waals surface area contributed by atoms with E-state index >= 15 is 0 Å². The molecule has 0 bridgehead atoms. The van der Waals surface area contributed by atoms with Crippen LogP contribution in [0.4, 0.5) is 5.82 Å². The molecule has 0 aliphatic heterocycles. The van der Waals surface area contributed by atoms with Crippen molar-refractivity contribution in [3.05, 3.63) is 82.5 Å². The largest absolute Gasteiger partial charge is 0.488 e. The zero-order valence-electron chi connectivity index (χ0n) is 16.2. The molecule has 0 saturated carbocycles. The fourth-order valence-electron chi connectivity index (χ4n) is 2.98. The fraction of sp³-hybridized carbons (Fsp3) is 0.0909. The number of hydrogen-bond donors (Lipinski definition) is 2. The van der Waals surface area contributed by atoms with Crippen LogP contribution in [0.3, 0.4) is 0 Å². The van der Waals surface area contributed by atoms with Gasteiger partial charge in [0.25, 0.3) is 5.91 Å². The maximum atomic E-state index is 12.6. The van der Waals surface area contributed by atoms with Crippen molar-refractivity contribution in [2.24, 2.45) is 5.10 Å². The molecule has 7 nitrogen and oxygen atoms in total. The van der Waals surface area contributed by atoms with Crippen molar-refractivity contribution < 1.29 is 9.53 Å². The summed E-state index contributed by atoms with van der Waals surface area (Å²) in [5.41, 5.74) is 11.1. The molecule has 0 radical (unpaired) electrons. The number of nitrogens with zero attached hydrogens (tertiary/aromatic N) is 3. The van der Waals surface area contributed by atoms with Crippen molar-refractivity contribution >= 4 is 39.5 Å². The zero-order chi connectivity index (χ0) is 20.9. The first-order chi connectivity index (χ1) is 14.6. The molecule has 1 amide bonds. The van der Waals surface area contributed by atoms with Crippen molar-refractivity contribution in [1.82, 2.24) is 15.4 Å². The summed E-state index contributed by atoms with van der Waals surface area (Å²) in [5, 5.41) is 4.81. The Balaban J connectivity index is 1.47. The normalized spacial score (nSPS) is 11.1. The summed E-state index contributed by atoms with van der Waals surface area (Å²) in [6, 6.07) is 17.4. The van der Waals surface area contributed by atoms with Crippen LogP contribution in [0.15, 0.2) is 66.0 Å². The number of ether oxygens (including phenoxy) is 1. The van der Waals surface area contributed by atoms with Gasteiger partial charge in [0, 0.05) is 5.56 Å². The number of nitrogens with one attached hydrogen (secondary N) is 1. The lowest BCUT2D eigenvalue weighted by atomic mass is 10.2. The standard InChI is InChI=1S/C22H19N5O2S/c1-14-18-20(23)24-13-25-22(18)30-19(14)21(28)27-26-11-16-9-5-6-10-17(16)29-12-15-7-3-2-4-8-15/h2-11,13H,12H2,1H3,(H,27,28)(H2,23,24,25)/b26-11-. The van der Waals surface area contributed by atoms with Crippen molar-refractivity contribution in [3.8, 4) is 5.75 Å². The van der Waals surface area contributed by atoms with E-state index in [0.717, 1.165) is 16.7 Å². The third-order valence-electron chi connectivity index (χ3n) is 4.49. The van der Waals surface area contributed by atoms with E-state index in [2.05, 4.69) is 20.5 Å². The van der Waals surface area contributed by atoms with E-state index < -0.39 is 0 Å². The molecule has 150 valence electrons. The Morgan fingerprint density at radius 3 is 2.73 bits per heavy atom. The number of carbonyl (C=O) groups excluding carboxylic acids is 1. The molecule has 0 fully saturated rings. The number of para-hydroxylation sites is 1. The number of hydrogen-bond acceptors (Lipinski definition) is 7. The van der Waals surface area contributed by atoms with E-state index in [0.29, 0.717) is 33.3 Å². The van der Waals surface area contributed by atoms with Crippen LogP contribution in [-0.2, 0) is 6.61 Å². The lowest BCUT2D eigenvalue weighted by Crippen LogP contribution is -2.17. The van der Waals surface area contributed by atoms with E-state index in [4.69, 9.17) is 10.5 Å². The zero-order valence-corrected chi connectivity index (χ0v) is 17.0. The molecule has 2 aromatic carbocycles. The van der Waals surface area contributed by atoms with Gasteiger partial charge in [0.05, 0.1) is 16.5 Å². The molecular weight excluding hydrogens is 398 g/mol. The number of amides is 1. The highest BCUT2D eigenvalue weighted by atomic mass is 32.1. The van der Waals surface area contributed by atoms with Crippen LogP contribution >= 0.6 is 11.3 Å². The third-order valence-corrected chi connectivity index (χ3v) is 5.69.